The molecule has 1 amide bonds. The molecule has 0 fully saturated rings. The summed E-state index contributed by atoms with van der Waals surface area (Å²) in [7, 11) is 1.47. The van der Waals surface area contributed by atoms with Crippen molar-refractivity contribution in [3.63, 3.8) is 0 Å². The Hall–Kier alpha value is -2.51. The number of nitrogens with zero attached hydrogens (tertiary/aromatic N) is 2. The van der Waals surface area contributed by atoms with Gasteiger partial charge < -0.3 is 15.6 Å². The van der Waals surface area contributed by atoms with Crippen LogP contribution in [0.3, 0.4) is 0 Å². The molecule has 0 saturated carbocycles. The SMILES string of the molecule is COC[C@H](O)Cn1nc(-c2ccc(C)c(C(N)=O)c2)ccc1=O. The average molecular weight is 317 g/mol. The molecule has 1 aromatic carbocycles. The van der Waals surface area contributed by atoms with Crippen molar-refractivity contribution < 1.29 is 14.6 Å². The Morgan fingerprint density at radius 1 is 1.39 bits per heavy atom. The zero-order chi connectivity index (χ0) is 17.0. The fraction of sp³-hybridized carbons (Fsp3) is 0.312. The van der Waals surface area contributed by atoms with E-state index in [9.17, 15) is 14.7 Å². The molecule has 1 aromatic heterocycles. The standard InChI is InChI=1S/C16H19N3O4/c1-10-3-4-11(7-13(10)16(17)22)14-5-6-15(21)19(18-14)8-12(20)9-23-2/h3-7,12,20H,8-9H2,1-2H3,(H2,17,22)/t12-/m1/s1. The van der Waals surface area contributed by atoms with Crippen molar-refractivity contribution >= 4 is 5.91 Å². The van der Waals surface area contributed by atoms with E-state index >= 15 is 0 Å². The van der Waals surface area contributed by atoms with Gasteiger partial charge >= 0.3 is 0 Å². The zero-order valence-corrected chi connectivity index (χ0v) is 13.0. The quantitative estimate of drug-likeness (QED) is 0.798. The van der Waals surface area contributed by atoms with Gasteiger partial charge in [-0.15, -0.1) is 0 Å². The van der Waals surface area contributed by atoms with Crippen molar-refractivity contribution in [2.45, 2.75) is 19.6 Å². The summed E-state index contributed by atoms with van der Waals surface area (Å²) in [6.07, 6.45) is -0.834. The number of amides is 1. The van der Waals surface area contributed by atoms with E-state index in [1.165, 1.54) is 17.9 Å². The second kappa shape index (κ2) is 7.17. The Bertz CT molecular complexity index is 770. The summed E-state index contributed by atoms with van der Waals surface area (Å²) in [5.41, 5.74) is 7.38. The maximum Gasteiger partial charge on any atom is 0.266 e. The molecule has 0 aliphatic carbocycles. The van der Waals surface area contributed by atoms with E-state index < -0.39 is 12.0 Å². The number of hydrogen-bond acceptors (Lipinski definition) is 5. The number of rotatable bonds is 6. The number of carbonyl (C=O) groups is 1. The first kappa shape index (κ1) is 16.9. The molecule has 7 nitrogen and oxygen atoms in total. The summed E-state index contributed by atoms with van der Waals surface area (Å²) in [5.74, 6) is -0.520. The number of aryl methyl sites for hydroxylation is 1. The Kier molecular flexibility index (Phi) is 5.25. The maximum absolute atomic E-state index is 11.8. The van der Waals surface area contributed by atoms with Gasteiger partial charge in [-0.3, -0.25) is 9.59 Å². The normalized spacial score (nSPS) is 12.1. The number of carbonyl (C=O) groups excluding carboxylic acids is 1. The summed E-state index contributed by atoms with van der Waals surface area (Å²) >= 11 is 0. The van der Waals surface area contributed by atoms with Crippen LogP contribution in [-0.2, 0) is 11.3 Å². The van der Waals surface area contributed by atoms with Crippen LogP contribution in [0, 0.1) is 6.92 Å². The molecule has 0 bridgehead atoms. The van der Waals surface area contributed by atoms with Crippen molar-refractivity contribution in [1.82, 2.24) is 9.78 Å². The molecule has 0 saturated heterocycles. The molecular weight excluding hydrogens is 298 g/mol. The number of ether oxygens (including phenoxy) is 1. The van der Waals surface area contributed by atoms with Crippen molar-refractivity contribution in [2.75, 3.05) is 13.7 Å². The van der Waals surface area contributed by atoms with Crippen LogP contribution in [0.25, 0.3) is 11.3 Å². The van der Waals surface area contributed by atoms with Crippen molar-refractivity contribution in [1.29, 1.82) is 0 Å². The highest BCUT2D eigenvalue weighted by Crippen LogP contribution is 2.19. The molecule has 23 heavy (non-hydrogen) atoms. The molecule has 122 valence electrons. The molecule has 1 heterocycles. The number of nitrogens with two attached hydrogens (primary N) is 1. The number of primary amides is 1. The molecule has 2 rings (SSSR count). The number of aliphatic hydroxyl groups excluding tert-OH is 1. The second-order valence-corrected chi connectivity index (χ2v) is 5.24. The van der Waals surface area contributed by atoms with E-state index in [2.05, 4.69) is 5.10 Å². The third-order valence-electron chi connectivity index (χ3n) is 3.41. The van der Waals surface area contributed by atoms with E-state index in [4.69, 9.17) is 10.5 Å². The van der Waals surface area contributed by atoms with E-state index in [1.807, 2.05) is 0 Å². The van der Waals surface area contributed by atoms with E-state index in [0.29, 0.717) is 16.8 Å². The molecule has 0 spiro atoms. The number of methoxy groups -OCH3 is 1. The van der Waals surface area contributed by atoms with Gasteiger partial charge in [0.05, 0.1) is 24.9 Å². The minimum atomic E-state index is -0.834. The fourth-order valence-corrected chi connectivity index (χ4v) is 2.23. The van der Waals surface area contributed by atoms with Crippen molar-refractivity contribution in [3.8, 4) is 11.3 Å². The Balaban J connectivity index is 2.39. The molecule has 0 unspecified atom stereocenters. The van der Waals surface area contributed by atoms with Gasteiger partial charge in [0.15, 0.2) is 0 Å². The van der Waals surface area contributed by atoms with Gasteiger partial charge in [-0.25, -0.2) is 4.68 Å². The van der Waals surface area contributed by atoms with Crippen LogP contribution in [0.4, 0.5) is 0 Å². The summed E-state index contributed by atoms with van der Waals surface area (Å²) in [5, 5.41) is 14.0. The van der Waals surface area contributed by atoms with Gasteiger partial charge in [-0.05, 0) is 24.6 Å². The second-order valence-electron chi connectivity index (χ2n) is 5.24. The van der Waals surface area contributed by atoms with Gasteiger partial charge in [-0.2, -0.15) is 5.10 Å². The lowest BCUT2D eigenvalue weighted by molar-refractivity contribution is 0.0505. The predicted molar refractivity (Wildman–Crippen MR) is 85.1 cm³/mol. The smallest absolute Gasteiger partial charge is 0.266 e. The van der Waals surface area contributed by atoms with Crippen LogP contribution < -0.4 is 11.3 Å². The average Bonchev–Trinajstić information content (AvgIpc) is 2.50. The Labute approximate surface area is 133 Å². The lowest BCUT2D eigenvalue weighted by Crippen LogP contribution is -2.30. The predicted octanol–water partition coefficient (Wildman–Crippen LogP) is 0.325. The molecule has 0 radical (unpaired) electrons. The van der Waals surface area contributed by atoms with Gasteiger partial charge in [0.2, 0.25) is 5.91 Å². The molecule has 7 heteroatoms. The third-order valence-corrected chi connectivity index (χ3v) is 3.41. The first-order valence-corrected chi connectivity index (χ1v) is 7.08. The van der Waals surface area contributed by atoms with Crippen LogP contribution in [-0.4, -0.2) is 40.6 Å². The number of hydrogen-bond donors (Lipinski definition) is 2. The highest BCUT2D eigenvalue weighted by Gasteiger charge is 2.11. The lowest BCUT2D eigenvalue weighted by Gasteiger charge is -2.12. The third kappa shape index (κ3) is 4.02. The minimum absolute atomic E-state index is 0.0229. The zero-order valence-electron chi connectivity index (χ0n) is 13.0. The Morgan fingerprint density at radius 2 is 2.13 bits per heavy atom. The monoisotopic (exact) mass is 317 g/mol. The van der Waals surface area contributed by atoms with E-state index in [0.717, 1.165) is 5.56 Å². The fourth-order valence-electron chi connectivity index (χ4n) is 2.23. The lowest BCUT2D eigenvalue weighted by atomic mass is 10.0. The van der Waals surface area contributed by atoms with Crippen LogP contribution in [0.2, 0.25) is 0 Å². The molecule has 0 aliphatic rings. The van der Waals surface area contributed by atoms with Crippen LogP contribution >= 0.6 is 0 Å². The minimum Gasteiger partial charge on any atom is -0.389 e. The summed E-state index contributed by atoms with van der Waals surface area (Å²) in [6.45, 7) is 1.92. The number of aromatic nitrogens is 2. The number of aliphatic hydroxyl groups is 1. The summed E-state index contributed by atoms with van der Waals surface area (Å²) in [6, 6.07) is 8.14. The van der Waals surface area contributed by atoms with Crippen molar-refractivity contribution in [2.24, 2.45) is 5.73 Å². The molecular formula is C16H19N3O4. The summed E-state index contributed by atoms with van der Waals surface area (Å²) < 4.78 is 6.01. The first-order chi connectivity index (χ1) is 10.9. The molecule has 0 aliphatic heterocycles. The largest absolute Gasteiger partial charge is 0.389 e. The number of benzene rings is 1. The molecule has 1 atom stereocenters. The van der Waals surface area contributed by atoms with Gasteiger partial charge in [0, 0.05) is 24.3 Å². The maximum atomic E-state index is 11.8. The van der Waals surface area contributed by atoms with Gasteiger partial charge in [-0.1, -0.05) is 12.1 Å². The first-order valence-electron chi connectivity index (χ1n) is 7.08. The highest BCUT2D eigenvalue weighted by atomic mass is 16.5. The topological polar surface area (TPSA) is 107 Å². The Morgan fingerprint density at radius 3 is 2.78 bits per heavy atom. The van der Waals surface area contributed by atoms with Gasteiger partial charge in [0.25, 0.3) is 5.56 Å². The van der Waals surface area contributed by atoms with Crippen LogP contribution in [0.1, 0.15) is 15.9 Å². The van der Waals surface area contributed by atoms with Crippen LogP contribution in [0.15, 0.2) is 35.1 Å². The summed E-state index contributed by atoms with van der Waals surface area (Å²) in [4.78, 5) is 23.3. The molecule has 3 N–H and O–H groups in total. The van der Waals surface area contributed by atoms with Crippen molar-refractivity contribution in [3.05, 3.63) is 51.8 Å². The van der Waals surface area contributed by atoms with E-state index in [-0.39, 0.29) is 18.7 Å². The molecule has 2 aromatic rings. The highest BCUT2D eigenvalue weighted by molar-refractivity contribution is 5.95. The van der Waals surface area contributed by atoms with E-state index in [1.54, 1.807) is 31.2 Å². The van der Waals surface area contributed by atoms with Crippen LogP contribution in [0.5, 0.6) is 0 Å². The van der Waals surface area contributed by atoms with Gasteiger partial charge in [0.1, 0.15) is 0 Å².